The van der Waals surface area contributed by atoms with E-state index in [9.17, 15) is 4.79 Å². The molecule has 1 atom stereocenters. The Kier molecular flexibility index (Phi) is 6.40. The van der Waals surface area contributed by atoms with Crippen molar-refractivity contribution in [2.24, 2.45) is 5.92 Å². The molecular weight excluding hydrogens is 236 g/mol. The molecule has 0 heterocycles. The summed E-state index contributed by atoms with van der Waals surface area (Å²) in [4.78, 5) is 11.5. The second kappa shape index (κ2) is 7.82. The fourth-order valence-electron chi connectivity index (χ4n) is 2.00. The quantitative estimate of drug-likeness (QED) is 0.792. The second-order valence-electron chi connectivity index (χ2n) is 5.52. The summed E-state index contributed by atoms with van der Waals surface area (Å²) in [6.07, 6.45) is 2.79. The SMILES string of the molecule is CNC(=O)Cc1ccccc1NC(C)CCC(C)C. The van der Waals surface area contributed by atoms with Crippen molar-refractivity contribution in [2.45, 2.75) is 46.1 Å². The van der Waals surface area contributed by atoms with E-state index in [4.69, 9.17) is 0 Å². The Hall–Kier alpha value is -1.51. The van der Waals surface area contributed by atoms with Crippen molar-refractivity contribution in [3.05, 3.63) is 29.8 Å². The Labute approximate surface area is 116 Å². The van der Waals surface area contributed by atoms with Crippen LogP contribution < -0.4 is 10.6 Å². The smallest absolute Gasteiger partial charge is 0.224 e. The molecule has 0 aromatic heterocycles. The van der Waals surface area contributed by atoms with Crippen molar-refractivity contribution in [3.63, 3.8) is 0 Å². The van der Waals surface area contributed by atoms with Gasteiger partial charge in [0.15, 0.2) is 0 Å². The third kappa shape index (κ3) is 5.77. The van der Waals surface area contributed by atoms with Crippen LogP contribution in [0.2, 0.25) is 0 Å². The highest BCUT2D eigenvalue weighted by Gasteiger charge is 2.09. The number of carbonyl (C=O) groups excluding carboxylic acids is 1. The molecule has 2 N–H and O–H groups in total. The third-order valence-corrected chi connectivity index (χ3v) is 3.23. The summed E-state index contributed by atoms with van der Waals surface area (Å²) in [6.45, 7) is 6.68. The first-order valence-corrected chi connectivity index (χ1v) is 7.08. The fraction of sp³-hybridized carbons (Fsp3) is 0.562. The van der Waals surface area contributed by atoms with Crippen LogP contribution in [0.25, 0.3) is 0 Å². The highest BCUT2D eigenvalue weighted by Crippen LogP contribution is 2.18. The number of likely N-dealkylation sites (N-methyl/N-ethyl adjacent to an activating group) is 1. The molecule has 19 heavy (non-hydrogen) atoms. The minimum atomic E-state index is 0.0454. The monoisotopic (exact) mass is 262 g/mol. The topological polar surface area (TPSA) is 41.1 Å². The highest BCUT2D eigenvalue weighted by molar-refractivity contribution is 5.80. The number of para-hydroxylation sites is 1. The van der Waals surface area contributed by atoms with Crippen molar-refractivity contribution in [3.8, 4) is 0 Å². The Balaban J connectivity index is 2.64. The van der Waals surface area contributed by atoms with E-state index in [0.29, 0.717) is 12.5 Å². The maximum Gasteiger partial charge on any atom is 0.224 e. The molecule has 3 heteroatoms. The lowest BCUT2D eigenvalue weighted by Crippen LogP contribution is -2.22. The van der Waals surface area contributed by atoms with E-state index in [1.807, 2.05) is 24.3 Å². The van der Waals surface area contributed by atoms with Crippen LogP contribution in [0.15, 0.2) is 24.3 Å². The van der Waals surface area contributed by atoms with E-state index >= 15 is 0 Å². The Morgan fingerprint density at radius 1 is 1.16 bits per heavy atom. The number of carbonyl (C=O) groups is 1. The third-order valence-electron chi connectivity index (χ3n) is 3.23. The van der Waals surface area contributed by atoms with Crippen LogP contribution in [0.5, 0.6) is 0 Å². The first-order chi connectivity index (χ1) is 9.02. The van der Waals surface area contributed by atoms with Crippen molar-refractivity contribution in [1.82, 2.24) is 5.32 Å². The Morgan fingerprint density at radius 3 is 2.47 bits per heavy atom. The van der Waals surface area contributed by atoms with Gasteiger partial charge in [0, 0.05) is 18.8 Å². The van der Waals surface area contributed by atoms with E-state index in [0.717, 1.165) is 23.6 Å². The van der Waals surface area contributed by atoms with E-state index < -0.39 is 0 Å². The molecule has 0 radical (unpaired) electrons. The van der Waals surface area contributed by atoms with Gasteiger partial charge in [0.2, 0.25) is 5.91 Å². The predicted molar refractivity (Wildman–Crippen MR) is 81.4 cm³/mol. The number of hydrogen-bond donors (Lipinski definition) is 2. The van der Waals surface area contributed by atoms with Gasteiger partial charge in [-0.25, -0.2) is 0 Å². The van der Waals surface area contributed by atoms with Crippen LogP contribution in [0.1, 0.15) is 39.2 Å². The van der Waals surface area contributed by atoms with E-state index in [1.54, 1.807) is 7.05 Å². The Bertz CT molecular complexity index is 401. The van der Waals surface area contributed by atoms with Gasteiger partial charge < -0.3 is 10.6 Å². The summed E-state index contributed by atoms with van der Waals surface area (Å²) in [5, 5.41) is 6.18. The summed E-state index contributed by atoms with van der Waals surface area (Å²) < 4.78 is 0. The summed E-state index contributed by atoms with van der Waals surface area (Å²) in [7, 11) is 1.67. The summed E-state index contributed by atoms with van der Waals surface area (Å²) >= 11 is 0. The number of hydrogen-bond acceptors (Lipinski definition) is 2. The summed E-state index contributed by atoms with van der Waals surface area (Å²) in [6, 6.07) is 8.46. The lowest BCUT2D eigenvalue weighted by molar-refractivity contribution is -0.119. The molecular formula is C16H26N2O. The van der Waals surface area contributed by atoms with Crippen LogP contribution in [0, 0.1) is 5.92 Å². The van der Waals surface area contributed by atoms with Gasteiger partial charge >= 0.3 is 0 Å². The molecule has 0 saturated heterocycles. The predicted octanol–water partition coefficient (Wildman–Crippen LogP) is 3.21. The number of amides is 1. The lowest BCUT2D eigenvalue weighted by atomic mass is 10.0. The van der Waals surface area contributed by atoms with Gasteiger partial charge in [-0.3, -0.25) is 4.79 Å². The molecule has 0 aliphatic carbocycles. The van der Waals surface area contributed by atoms with E-state index in [2.05, 4.69) is 31.4 Å². The Morgan fingerprint density at radius 2 is 1.84 bits per heavy atom. The van der Waals surface area contributed by atoms with Gasteiger partial charge in [0.25, 0.3) is 0 Å². The number of benzene rings is 1. The zero-order valence-electron chi connectivity index (χ0n) is 12.5. The molecule has 0 aliphatic rings. The zero-order valence-corrected chi connectivity index (χ0v) is 12.5. The van der Waals surface area contributed by atoms with Crippen LogP contribution >= 0.6 is 0 Å². The highest BCUT2D eigenvalue weighted by atomic mass is 16.1. The molecule has 106 valence electrons. The molecule has 0 saturated carbocycles. The van der Waals surface area contributed by atoms with Gasteiger partial charge in [-0.05, 0) is 37.3 Å². The maximum absolute atomic E-state index is 11.5. The molecule has 1 aromatic carbocycles. The van der Waals surface area contributed by atoms with Crippen LogP contribution in [0.3, 0.4) is 0 Å². The van der Waals surface area contributed by atoms with Gasteiger partial charge in [0.05, 0.1) is 6.42 Å². The van der Waals surface area contributed by atoms with Crippen molar-refractivity contribution in [2.75, 3.05) is 12.4 Å². The number of anilines is 1. The second-order valence-corrected chi connectivity index (χ2v) is 5.52. The van der Waals surface area contributed by atoms with Crippen LogP contribution in [-0.4, -0.2) is 19.0 Å². The molecule has 0 aliphatic heterocycles. The zero-order chi connectivity index (χ0) is 14.3. The molecule has 1 rings (SSSR count). The fourth-order valence-corrected chi connectivity index (χ4v) is 2.00. The van der Waals surface area contributed by atoms with Gasteiger partial charge in [-0.1, -0.05) is 32.0 Å². The van der Waals surface area contributed by atoms with E-state index in [1.165, 1.54) is 6.42 Å². The first kappa shape index (κ1) is 15.5. The van der Waals surface area contributed by atoms with E-state index in [-0.39, 0.29) is 5.91 Å². The molecule has 0 fully saturated rings. The molecule has 0 bridgehead atoms. The van der Waals surface area contributed by atoms with Crippen molar-refractivity contribution in [1.29, 1.82) is 0 Å². The van der Waals surface area contributed by atoms with Crippen LogP contribution in [-0.2, 0) is 11.2 Å². The molecule has 1 amide bonds. The summed E-state index contributed by atoms with van der Waals surface area (Å²) in [5.74, 6) is 0.773. The van der Waals surface area contributed by atoms with Gasteiger partial charge in [0.1, 0.15) is 0 Å². The molecule has 1 aromatic rings. The minimum absolute atomic E-state index is 0.0454. The average Bonchev–Trinajstić information content (AvgIpc) is 2.38. The van der Waals surface area contributed by atoms with Crippen LogP contribution in [0.4, 0.5) is 5.69 Å². The van der Waals surface area contributed by atoms with Gasteiger partial charge in [-0.2, -0.15) is 0 Å². The maximum atomic E-state index is 11.5. The minimum Gasteiger partial charge on any atom is -0.382 e. The molecule has 1 unspecified atom stereocenters. The first-order valence-electron chi connectivity index (χ1n) is 7.08. The summed E-state index contributed by atoms with van der Waals surface area (Å²) in [5.41, 5.74) is 2.13. The van der Waals surface area contributed by atoms with Crippen molar-refractivity contribution < 1.29 is 4.79 Å². The van der Waals surface area contributed by atoms with Gasteiger partial charge in [-0.15, -0.1) is 0 Å². The number of rotatable bonds is 7. The standard InChI is InChI=1S/C16H26N2O/c1-12(2)9-10-13(3)18-15-8-6-5-7-14(15)11-16(19)17-4/h5-8,12-13,18H,9-11H2,1-4H3,(H,17,19). The molecule has 0 spiro atoms. The lowest BCUT2D eigenvalue weighted by Gasteiger charge is -2.18. The number of nitrogens with one attached hydrogen (secondary N) is 2. The average molecular weight is 262 g/mol. The normalized spacial score (nSPS) is 12.3. The molecule has 3 nitrogen and oxygen atoms in total. The largest absolute Gasteiger partial charge is 0.382 e. The van der Waals surface area contributed by atoms with Crippen molar-refractivity contribution >= 4 is 11.6 Å².